The van der Waals surface area contributed by atoms with Crippen molar-refractivity contribution in [3.05, 3.63) is 82.5 Å². The van der Waals surface area contributed by atoms with Gasteiger partial charge in [-0.1, -0.05) is 0 Å². The van der Waals surface area contributed by atoms with Gasteiger partial charge in [0.15, 0.2) is 5.75 Å². The number of carbonyl (C=O) groups is 1. The van der Waals surface area contributed by atoms with E-state index in [1.54, 1.807) is 12.1 Å². The van der Waals surface area contributed by atoms with Gasteiger partial charge in [0.25, 0.3) is 0 Å². The molecule has 33 heavy (non-hydrogen) atoms. The molecule has 0 aliphatic carbocycles. The van der Waals surface area contributed by atoms with Crippen molar-refractivity contribution in [2.24, 2.45) is 0 Å². The van der Waals surface area contributed by atoms with Crippen molar-refractivity contribution in [1.29, 1.82) is 0 Å². The van der Waals surface area contributed by atoms with Crippen LogP contribution in [0.25, 0.3) is 0 Å². The molecule has 1 N–H and O–H groups in total. The Morgan fingerprint density at radius 3 is 2.36 bits per heavy atom. The van der Waals surface area contributed by atoms with E-state index in [1.165, 1.54) is 60.0 Å². The van der Waals surface area contributed by atoms with Gasteiger partial charge in [-0.25, -0.2) is 4.39 Å². The first kappa shape index (κ1) is 24.2. The first-order chi connectivity index (χ1) is 15.6. The summed E-state index contributed by atoms with van der Waals surface area (Å²) in [6.07, 6.45) is -3.40. The Bertz CT molecular complexity index is 1160. The van der Waals surface area contributed by atoms with Crippen LogP contribution in [-0.2, 0) is 17.1 Å². The maximum atomic E-state index is 13.1. The fraction of sp³-hybridized carbons (Fsp3) is 0.182. The molecule has 3 aromatic rings. The number of carbonyl (C=O) groups excluding carboxylic acids is 1. The summed E-state index contributed by atoms with van der Waals surface area (Å²) in [5.41, 5.74) is 0.438. The molecule has 0 bridgehead atoms. The van der Waals surface area contributed by atoms with E-state index in [0.717, 1.165) is 17.0 Å². The van der Waals surface area contributed by atoms with E-state index in [1.807, 2.05) is 0 Å². The van der Waals surface area contributed by atoms with Crippen LogP contribution < -0.4 is 20.2 Å². The van der Waals surface area contributed by atoms with Gasteiger partial charge in [0, 0.05) is 28.1 Å². The van der Waals surface area contributed by atoms with Crippen LogP contribution in [0.5, 0.6) is 11.5 Å². The first-order valence-corrected chi connectivity index (χ1v) is 10.4. The van der Waals surface area contributed by atoms with Crippen LogP contribution in [0.15, 0.2) is 70.5 Å². The van der Waals surface area contributed by atoms with Gasteiger partial charge < -0.3 is 19.4 Å². The highest BCUT2D eigenvalue weighted by Crippen LogP contribution is 2.25. The lowest BCUT2D eigenvalue weighted by atomic mass is 10.3. The second-order valence-corrected chi connectivity index (χ2v) is 7.74. The summed E-state index contributed by atoms with van der Waals surface area (Å²) in [7, 11) is 1.33. The summed E-state index contributed by atoms with van der Waals surface area (Å²) in [6, 6.07) is 11.9. The third-order valence-corrected chi connectivity index (χ3v) is 5.33. The van der Waals surface area contributed by atoms with E-state index in [4.69, 9.17) is 4.74 Å². The number of anilines is 1. The largest absolute Gasteiger partial charge is 0.573 e. The average molecular weight is 482 g/mol. The molecule has 1 aromatic heterocycles. The average Bonchev–Trinajstić information content (AvgIpc) is 2.75. The Balaban J connectivity index is 1.72. The monoisotopic (exact) mass is 482 g/mol. The summed E-state index contributed by atoms with van der Waals surface area (Å²) < 4.78 is 60.3. The highest BCUT2D eigenvalue weighted by molar-refractivity contribution is 7.98. The van der Waals surface area contributed by atoms with E-state index in [-0.39, 0.29) is 29.2 Å². The minimum atomic E-state index is -4.81. The normalized spacial score (nSPS) is 11.2. The summed E-state index contributed by atoms with van der Waals surface area (Å²) in [5, 5.41) is 2.58. The maximum Gasteiger partial charge on any atom is 0.573 e. The summed E-state index contributed by atoms with van der Waals surface area (Å²) in [4.78, 5) is 25.5. The number of thioether (sulfide) groups is 1. The lowest BCUT2D eigenvalue weighted by Crippen LogP contribution is -2.22. The van der Waals surface area contributed by atoms with Gasteiger partial charge in [0.05, 0.1) is 13.3 Å². The Morgan fingerprint density at radius 1 is 1.09 bits per heavy atom. The molecule has 1 heterocycles. The molecule has 0 atom stereocenters. The van der Waals surface area contributed by atoms with Gasteiger partial charge >= 0.3 is 6.36 Å². The summed E-state index contributed by atoms with van der Waals surface area (Å²) >= 11 is 1.35. The maximum absolute atomic E-state index is 13.1. The molecular formula is C22H18F4N2O4S. The number of rotatable bonds is 8. The summed E-state index contributed by atoms with van der Waals surface area (Å²) in [5.74, 6) is -0.881. The van der Waals surface area contributed by atoms with Crippen LogP contribution in [-0.4, -0.2) is 23.9 Å². The van der Waals surface area contributed by atoms with Crippen LogP contribution in [0, 0.1) is 5.82 Å². The number of aromatic nitrogens is 1. The number of hydrogen-bond acceptors (Lipinski definition) is 5. The lowest BCUT2D eigenvalue weighted by molar-refractivity contribution is -0.274. The van der Waals surface area contributed by atoms with Crippen molar-refractivity contribution >= 4 is 23.4 Å². The van der Waals surface area contributed by atoms with Crippen molar-refractivity contribution in [1.82, 2.24) is 4.57 Å². The van der Waals surface area contributed by atoms with Gasteiger partial charge in [-0.15, -0.1) is 24.9 Å². The molecule has 0 saturated carbocycles. The molecule has 3 rings (SSSR count). The van der Waals surface area contributed by atoms with Gasteiger partial charge in [-0.2, -0.15) is 0 Å². The molecule has 0 spiro atoms. The number of amides is 1. The fourth-order valence-electron chi connectivity index (χ4n) is 2.80. The molecule has 174 valence electrons. The Hall–Kier alpha value is -3.47. The molecule has 11 heteroatoms. The van der Waals surface area contributed by atoms with E-state index >= 15 is 0 Å². The third-order valence-electron chi connectivity index (χ3n) is 4.29. The zero-order valence-corrected chi connectivity index (χ0v) is 18.0. The molecule has 0 aliphatic rings. The molecule has 2 aromatic carbocycles. The van der Waals surface area contributed by atoms with Crippen molar-refractivity contribution in [2.75, 3.05) is 12.4 Å². The fourth-order valence-corrected chi connectivity index (χ4v) is 3.69. The second kappa shape index (κ2) is 10.4. The number of benzene rings is 2. The van der Waals surface area contributed by atoms with E-state index in [0.29, 0.717) is 11.4 Å². The van der Waals surface area contributed by atoms with E-state index < -0.39 is 18.0 Å². The van der Waals surface area contributed by atoms with Gasteiger partial charge in [-0.05, 0) is 48.5 Å². The highest BCUT2D eigenvalue weighted by Gasteiger charge is 2.31. The second-order valence-electron chi connectivity index (χ2n) is 6.69. The Kier molecular flexibility index (Phi) is 7.64. The SMILES string of the molecule is COc1cn(CC(=O)Nc2ccc(OC(F)(F)F)cc2)c(CSc2ccc(F)cc2)cc1=O. The minimum absolute atomic E-state index is 0.0481. The van der Waals surface area contributed by atoms with Crippen LogP contribution in [0.1, 0.15) is 5.69 Å². The predicted molar refractivity (Wildman–Crippen MR) is 115 cm³/mol. The quantitative estimate of drug-likeness (QED) is 0.368. The van der Waals surface area contributed by atoms with Gasteiger partial charge in [-0.3, -0.25) is 9.59 Å². The number of hydrogen-bond donors (Lipinski definition) is 1. The van der Waals surface area contributed by atoms with Crippen LogP contribution in [0.4, 0.5) is 23.2 Å². The molecule has 0 unspecified atom stereocenters. The smallest absolute Gasteiger partial charge is 0.491 e. The number of alkyl halides is 3. The molecule has 0 radical (unpaired) electrons. The standard InChI is InChI=1S/C22H18F4N2O4S/c1-31-20-11-28(16(10-19(20)29)13-33-18-8-2-14(23)3-9-18)12-21(30)27-15-4-6-17(7-5-15)32-22(24,25)26/h2-11H,12-13H2,1H3,(H,27,30). The van der Waals surface area contributed by atoms with Crippen LogP contribution in [0.2, 0.25) is 0 Å². The zero-order chi connectivity index (χ0) is 24.0. The van der Waals surface area contributed by atoms with Crippen LogP contribution >= 0.6 is 11.8 Å². The highest BCUT2D eigenvalue weighted by atomic mass is 32.2. The predicted octanol–water partition coefficient (Wildman–Crippen LogP) is 4.83. The summed E-state index contributed by atoms with van der Waals surface area (Å²) in [6.45, 7) is -0.184. The Labute approximate surface area is 190 Å². The molecule has 0 fully saturated rings. The number of pyridine rings is 1. The van der Waals surface area contributed by atoms with Crippen molar-refractivity contribution in [3.63, 3.8) is 0 Å². The number of halogens is 4. The lowest BCUT2D eigenvalue weighted by Gasteiger charge is -2.15. The number of ether oxygens (including phenoxy) is 2. The molecular weight excluding hydrogens is 464 g/mol. The van der Waals surface area contributed by atoms with E-state index in [2.05, 4.69) is 10.1 Å². The molecule has 1 amide bonds. The van der Waals surface area contributed by atoms with Crippen molar-refractivity contribution in [2.45, 2.75) is 23.6 Å². The number of methoxy groups -OCH3 is 1. The molecule has 0 aliphatic heterocycles. The van der Waals surface area contributed by atoms with Crippen molar-refractivity contribution in [3.8, 4) is 11.5 Å². The minimum Gasteiger partial charge on any atom is -0.491 e. The van der Waals surface area contributed by atoms with Gasteiger partial charge in [0.1, 0.15) is 18.1 Å². The Morgan fingerprint density at radius 2 is 1.76 bits per heavy atom. The third kappa shape index (κ3) is 7.28. The van der Waals surface area contributed by atoms with Crippen molar-refractivity contribution < 1.29 is 31.8 Å². The topological polar surface area (TPSA) is 69.6 Å². The molecule has 0 saturated heterocycles. The molecule has 6 nitrogen and oxygen atoms in total. The van der Waals surface area contributed by atoms with Crippen LogP contribution in [0.3, 0.4) is 0 Å². The zero-order valence-electron chi connectivity index (χ0n) is 17.2. The number of nitrogens with one attached hydrogen (secondary N) is 1. The first-order valence-electron chi connectivity index (χ1n) is 9.44. The van der Waals surface area contributed by atoms with E-state index in [9.17, 15) is 27.2 Å². The number of nitrogens with zero attached hydrogens (tertiary/aromatic N) is 1. The van der Waals surface area contributed by atoms with Gasteiger partial charge in [0.2, 0.25) is 11.3 Å².